The van der Waals surface area contributed by atoms with Crippen LogP contribution in [-0.4, -0.2) is 12.5 Å². The maximum atomic E-state index is 13.0. The second-order valence-corrected chi connectivity index (χ2v) is 6.96. The summed E-state index contributed by atoms with van der Waals surface area (Å²) in [4.78, 5) is 11.6. The third-order valence-corrected chi connectivity index (χ3v) is 4.96. The van der Waals surface area contributed by atoms with E-state index in [1.807, 2.05) is 60.7 Å². The van der Waals surface area contributed by atoms with Crippen LogP contribution in [0.3, 0.4) is 0 Å². The Balaban J connectivity index is 2.08. The molecule has 0 fully saturated rings. The van der Waals surface area contributed by atoms with Crippen LogP contribution in [0.5, 0.6) is 0 Å². The van der Waals surface area contributed by atoms with Crippen LogP contribution in [-0.2, 0) is 11.0 Å². The number of amides is 1. The number of hydrogen-bond acceptors (Lipinski definition) is 1. The van der Waals surface area contributed by atoms with E-state index in [0.29, 0.717) is 6.54 Å². The van der Waals surface area contributed by atoms with Crippen molar-refractivity contribution in [3.8, 4) is 0 Å². The third kappa shape index (κ3) is 5.25. The van der Waals surface area contributed by atoms with Gasteiger partial charge in [-0.25, -0.2) is 0 Å². The van der Waals surface area contributed by atoms with E-state index in [-0.39, 0.29) is 17.7 Å². The van der Waals surface area contributed by atoms with Crippen LogP contribution < -0.4 is 5.32 Å². The third-order valence-electron chi connectivity index (χ3n) is 4.96. The van der Waals surface area contributed by atoms with E-state index >= 15 is 0 Å². The molecule has 3 aromatic carbocycles. The van der Waals surface area contributed by atoms with Crippen LogP contribution >= 0.6 is 0 Å². The molecule has 0 bridgehead atoms. The number of carbonyl (C=O) groups is 1. The van der Waals surface area contributed by atoms with Gasteiger partial charge in [0.2, 0.25) is 5.91 Å². The Kier molecular flexibility index (Phi) is 6.37. The minimum Gasteiger partial charge on any atom is -0.356 e. The Morgan fingerprint density at radius 2 is 1.28 bits per heavy atom. The van der Waals surface area contributed by atoms with E-state index in [2.05, 4.69) is 5.32 Å². The molecular formula is C24H22F3NO. The number of rotatable bonds is 6. The Morgan fingerprint density at radius 1 is 0.793 bits per heavy atom. The zero-order valence-electron chi connectivity index (χ0n) is 16.0. The summed E-state index contributed by atoms with van der Waals surface area (Å²) in [5.74, 6) is -0.534. The van der Waals surface area contributed by atoms with Crippen LogP contribution in [0.4, 0.5) is 13.2 Å². The van der Waals surface area contributed by atoms with Gasteiger partial charge < -0.3 is 5.32 Å². The average molecular weight is 397 g/mol. The van der Waals surface area contributed by atoms with Gasteiger partial charge in [-0.3, -0.25) is 4.79 Å². The summed E-state index contributed by atoms with van der Waals surface area (Å²) in [6, 6.07) is 24.8. The summed E-state index contributed by atoms with van der Waals surface area (Å²) in [5.41, 5.74) is 2.13. The molecule has 0 radical (unpaired) electrons. The minimum absolute atomic E-state index is 0.124. The van der Waals surface area contributed by atoms with E-state index in [4.69, 9.17) is 0 Å². The van der Waals surface area contributed by atoms with Gasteiger partial charge >= 0.3 is 6.18 Å². The Hall–Kier alpha value is -3.08. The van der Waals surface area contributed by atoms with E-state index in [9.17, 15) is 18.0 Å². The van der Waals surface area contributed by atoms with Gasteiger partial charge in [-0.05, 0) is 28.8 Å². The number of benzene rings is 3. The number of hydrogen-bond donors (Lipinski definition) is 1. The molecule has 5 heteroatoms. The zero-order chi connectivity index (χ0) is 20.9. The highest BCUT2D eigenvalue weighted by molar-refractivity contribution is 5.72. The van der Waals surface area contributed by atoms with Crippen LogP contribution in [0.15, 0.2) is 84.9 Å². The fraction of sp³-hybridized carbons (Fsp3) is 0.208. The molecule has 1 atom stereocenters. The Labute approximate surface area is 168 Å². The molecule has 0 saturated heterocycles. The molecule has 3 rings (SSSR count). The molecule has 150 valence electrons. The molecule has 0 aliphatic carbocycles. The monoisotopic (exact) mass is 397 g/mol. The van der Waals surface area contributed by atoms with Gasteiger partial charge in [-0.1, -0.05) is 72.8 Å². The van der Waals surface area contributed by atoms with Gasteiger partial charge in [0.05, 0.1) is 5.56 Å². The molecular weight excluding hydrogens is 375 g/mol. The molecule has 1 amide bonds. The molecule has 0 aliphatic heterocycles. The lowest BCUT2D eigenvalue weighted by Crippen LogP contribution is -2.29. The summed E-state index contributed by atoms with van der Waals surface area (Å²) >= 11 is 0. The second kappa shape index (κ2) is 8.95. The van der Waals surface area contributed by atoms with Crippen molar-refractivity contribution in [3.63, 3.8) is 0 Å². The minimum atomic E-state index is -4.38. The van der Waals surface area contributed by atoms with Crippen LogP contribution in [0, 0.1) is 0 Å². The summed E-state index contributed by atoms with van der Waals surface area (Å²) in [6.07, 6.45) is -4.38. The first kappa shape index (κ1) is 20.6. The number of carbonyl (C=O) groups excluding carboxylic acids is 1. The lowest BCUT2D eigenvalue weighted by Gasteiger charge is -2.29. The molecule has 29 heavy (non-hydrogen) atoms. The standard InChI is InChI=1S/C24H22F3NO/c1-17(29)28-16-22(18-12-14-21(15-13-18)24(25,26)27)23(19-8-4-2-5-9-19)20-10-6-3-7-11-20/h2-15,22-23H,16H2,1H3,(H,28,29). The first-order valence-electron chi connectivity index (χ1n) is 9.37. The van der Waals surface area contributed by atoms with Gasteiger partial charge in [-0.2, -0.15) is 13.2 Å². The summed E-state index contributed by atoms with van der Waals surface area (Å²) in [6.45, 7) is 1.75. The van der Waals surface area contributed by atoms with Crippen molar-refractivity contribution in [2.75, 3.05) is 6.54 Å². The molecule has 0 aliphatic rings. The Morgan fingerprint density at radius 3 is 1.69 bits per heavy atom. The SMILES string of the molecule is CC(=O)NCC(c1ccc(C(F)(F)F)cc1)C(c1ccccc1)c1ccccc1. The largest absolute Gasteiger partial charge is 0.416 e. The smallest absolute Gasteiger partial charge is 0.356 e. The van der Waals surface area contributed by atoms with Crippen molar-refractivity contribution in [2.45, 2.75) is 24.9 Å². The van der Waals surface area contributed by atoms with Crippen molar-refractivity contribution < 1.29 is 18.0 Å². The number of halogens is 3. The normalized spacial score (nSPS) is 12.6. The molecule has 2 nitrogen and oxygen atoms in total. The van der Waals surface area contributed by atoms with E-state index in [1.54, 1.807) is 0 Å². The highest BCUT2D eigenvalue weighted by atomic mass is 19.4. The molecule has 1 unspecified atom stereocenters. The van der Waals surface area contributed by atoms with Gasteiger partial charge in [0.15, 0.2) is 0 Å². The quantitative estimate of drug-likeness (QED) is 0.563. The predicted molar refractivity (Wildman–Crippen MR) is 108 cm³/mol. The average Bonchev–Trinajstić information content (AvgIpc) is 2.72. The number of alkyl halides is 3. The topological polar surface area (TPSA) is 29.1 Å². The summed E-state index contributed by atoms with van der Waals surface area (Å²) < 4.78 is 39.0. The van der Waals surface area contributed by atoms with Crippen LogP contribution in [0.1, 0.15) is 41.0 Å². The predicted octanol–water partition coefficient (Wildman–Crippen LogP) is 5.76. The Bertz CT molecular complexity index is 882. The summed E-state index contributed by atoms with van der Waals surface area (Å²) in [7, 11) is 0. The van der Waals surface area contributed by atoms with Crippen LogP contribution in [0.2, 0.25) is 0 Å². The van der Waals surface area contributed by atoms with Gasteiger partial charge in [0, 0.05) is 25.3 Å². The molecule has 0 spiro atoms. The van der Waals surface area contributed by atoms with Crippen molar-refractivity contribution in [1.82, 2.24) is 5.32 Å². The highest BCUT2D eigenvalue weighted by Gasteiger charge is 2.31. The zero-order valence-corrected chi connectivity index (χ0v) is 16.0. The van der Waals surface area contributed by atoms with Crippen molar-refractivity contribution in [1.29, 1.82) is 0 Å². The van der Waals surface area contributed by atoms with Gasteiger partial charge in [0.1, 0.15) is 0 Å². The maximum Gasteiger partial charge on any atom is 0.416 e. The van der Waals surface area contributed by atoms with Crippen molar-refractivity contribution in [2.24, 2.45) is 0 Å². The molecule has 1 N–H and O–H groups in total. The maximum absolute atomic E-state index is 13.0. The molecule has 0 heterocycles. The fourth-order valence-corrected chi connectivity index (χ4v) is 3.58. The van der Waals surface area contributed by atoms with E-state index in [0.717, 1.165) is 28.8 Å². The number of nitrogens with one attached hydrogen (secondary N) is 1. The van der Waals surface area contributed by atoms with Gasteiger partial charge in [0.25, 0.3) is 0 Å². The fourth-order valence-electron chi connectivity index (χ4n) is 3.58. The molecule has 0 aromatic heterocycles. The van der Waals surface area contributed by atoms with Gasteiger partial charge in [-0.15, -0.1) is 0 Å². The van der Waals surface area contributed by atoms with Crippen molar-refractivity contribution >= 4 is 5.91 Å². The van der Waals surface area contributed by atoms with E-state index < -0.39 is 11.7 Å². The second-order valence-electron chi connectivity index (χ2n) is 6.96. The lowest BCUT2D eigenvalue weighted by atomic mass is 9.77. The lowest BCUT2D eigenvalue weighted by molar-refractivity contribution is -0.137. The summed E-state index contributed by atoms with van der Waals surface area (Å²) in [5, 5.41) is 2.85. The first-order valence-corrected chi connectivity index (χ1v) is 9.37. The van der Waals surface area contributed by atoms with Crippen molar-refractivity contribution in [3.05, 3.63) is 107 Å². The van der Waals surface area contributed by atoms with E-state index in [1.165, 1.54) is 19.1 Å². The molecule has 0 saturated carbocycles. The molecule has 3 aromatic rings. The van der Waals surface area contributed by atoms with Crippen LogP contribution in [0.25, 0.3) is 0 Å². The highest BCUT2D eigenvalue weighted by Crippen LogP contribution is 2.39. The first-order chi connectivity index (χ1) is 13.9.